The molecule has 2 rings (SSSR count). The SMILES string of the molecule is COc1cccc(C2CCCCCC2CN)c1F. The van der Waals surface area contributed by atoms with Gasteiger partial charge in [0.15, 0.2) is 11.6 Å². The van der Waals surface area contributed by atoms with E-state index in [4.69, 9.17) is 10.5 Å². The number of hydrogen-bond donors (Lipinski definition) is 1. The van der Waals surface area contributed by atoms with Crippen molar-refractivity contribution < 1.29 is 9.13 Å². The van der Waals surface area contributed by atoms with E-state index in [1.807, 2.05) is 12.1 Å². The molecular weight excluding hydrogens is 229 g/mol. The molecule has 0 aliphatic heterocycles. The molecule has 0 aromatic heterocycles. The van der Waals surface area contributed by atoms with Gasteiger partial charge < -0.3 is 10.5 Å². The second-order valence-electron chi connectivity index (χ2n) is 5.10. The predicted molar refractivity (Wildman–Crippen MR) is 71.3 cm³/mol. The van der Waals surface area contributed by atoms with Gasteiger partial charge in [-0.3, -0.25) is 0 Å². The van der Waals surface area contributed by atoms with Crippen LogP contribution in [0.5, 0.6) is 5.75 Å². The van der Waals surface area contributed by atoms with E-state index in [0.29, 0.717) is 18.2 Å². The fraction of sp³-hybridized carbons (Fsp3) is 0.600. The molecule has 1 fully saturated rings. The topological polar surface area (TPSA) is 35.2 Å². The Morgan fingerprint density at radius 1 is 1.28 bits per heavy atom. The van der Waals surface area contributed by atoms with Gasteiger partial charge in [0.2, 0.25) is 0 Å². The highest BCUT2D eigenvalue weighted by molar-refractivity contribution is 5.33. The summed E-state index contributed by atoms with van der Waals surface area (Å²) in [7, 11) is 1.51. The summed E-state index contributed by atoms with van der Waals surface area (Å²) in [5, 5.41) is 0. The predicted octanol–water partition coefficient (Wildman–Crippen LogP) is 3.46. The van der Waals surface area contributed by atoms with Gasteiger partial charge in [0, 0.05) is 0 Å². The van der Waals surface area contributed by atoms with Gasteiger partial charge in [-0.15, -0.1) is 0 Å². The largest absolute Gasteiger partial charge is 0.494 e. The van der Waals surface area contributed by atoms with Gasteiger partial charge in [-0.05, 0) is 42.9 Å². The summed E-state index contributed by atoms with van der Waals surface area (Å²) in [6.07, 6.45) is 5.75. The van der Waals surface area contributed by atoms with E-state index in [1.54, 1.807) is 6.07 Å². The van der Waals surface area contributed by atoms with Gasteiger partial charge in [0.1, 0.15) is 0 Å². The molecular formula is C15H22FNO. The van der Waals surface area contributed by atoms with Crippen LogP contribution >= 0.6 is 0 Å². The number of ether oxygens (including phenoxy) is 1. The molecule has 3 heteroatoms. The van der Waals surface area contributed by atoms with Gasteiger partial charge >= 0.3 is 0 Å². The van der Waals surface area contributed by atoms with E-state index in [1.165, 1.54) is 20.0 Å². The summed E-state index contributed by atoms with van der Waals surface area (Å²) in [5.41, 5.74) is 6.65. The Bertz CT molecular complexity index is 394. The van der Waals surface area contributed by atoms with Crippen LogP contribution in [0.25, 0.3) is 0 Å². The molecule has 1 aromatic carbocycles. The molecule has 18 heavy (non-hydrogen) atoms. The Hall–Kier alpha value is -1.09. The Morgan fingerprint density at radius 3 is 2.78 bits per heavy atom. The summed E-state index contributed by atoms with van der Waals surface area (Å²) in [5.74, 6) is 0.777. The van der Waals surface area contributed by atoms with Crippen molar-refractivity contribution in [3.8, 4) is 5.75 Å². The maximum atomic E-state index is 14.3. The Kier molecular flexibility index (Phi) is 4.59. The van der Waals surface area contributed by atoms with Gasteiger partial charge in [0.05, 0.1) is 7.11 Å². The average Bonchev–Trinajstić information content (AvgIpc) is 2.64. The summed E-state index contributed by atoms with van der Waals surface area (Å²) in [4.78, 5) is 0. The molecule has 1 aromatic rings. The van der Waals surface area contributed by atoms with Crippen molar-refractivity contribution in [3.63, 3.8) is 0 Å². The molecule has 0 radical (unpaired) electrons. The number of nitrogens with two attached hydrogens (primary N) is 1. The minimum Gasteiger partial charge on any atom is -0.494 e. The van der Waals surface area contributed by atoms with Crippen LogP contribution in [-0.4, -0.2) is 13.7 Å². The molecule has 1 saturated carbocycles. The van der Waals surface area contributed by atoms with Crippen molar-refractivity contribution in [2.24, 2.45) is 11.7 Å². The third-order valence-corrected chi connectivity index (χ3v) is 4.07. The molecule has 0 amide bonds. The summed E-state index contributed by atoms with van der Waals surface area (Å²) >= 11 is 0. The number of halogens is 1. The van der Waals surface area contributed by atoms with Gasteiger partial charge in [-0.1, -0.05) is 31.4 Å². The zero-order valence-electron chi connectivity index (χ0n) is 11.0. The zero-order chi connectivity index (χ0) is 13.0. The van der Waals surface area contributed by atoms with Crippen LogP contribution in [0.15, 0.2) is 18.2 Å². The van der Waals surface area contributed by atoms with E-state index >= 15 is 0 Å². The Morgan fingerprint density at radius 2 is 2.06 bits per heavy atom. The number of methoxy groups -OCH3 is 1. The molecule has 2 unspecified atom stereocenters. The highest BCUT2D eigenvalue weighted by Crippen LogP contribution is 2.38. The lowest BCUT2D eigenvalue weighted by molar-refractivity contribution is 0.365. The molecule has 1 aliphatic carbocycles. The molecule has 2 N–H and O–H groups in total. The van der Waals surface area contributed by atoms with Crippen LogP contribution in [0, 0.1) is 11.7 Å². The fourth-order valence-corrected chi connectivity index (χ4v) is 3.05. The Balaban J connectivity index is 2.32. The molecule has 0 heterocycles. The van der Waals surface area contributed by atoms with Gasteiger partial charge in [0.25, 0.3) is 0 Å². The fourth-order valence-electron chi connectivity index (χ4n) is 3.05. The highest BCUT2D eigenvalue weighted by atomic mass is 19.1. The standard InChI is InChI=1S/C15H22FNO/c1-18-14-9-5-8-13(15(14)16)12-7-4-2-3-6-11(12)10-17/h5,8-9,11-12H,2-4,6-7,10,17H2,1H3. The highest BCUT2D eigenvalue weighted by Gasteiger charge is 2.27. The first-order chi connectivity index (χ1) is 8.77. The molecule has 1 aliphatic rings. The van der Waals surface area contributed by atoms with E-state index in [0.717, 1.165) is 24.8 Å². The minimum absolute atomic E-state index is 0.203. The zero-order valence-corrected chi connectivity index (χ0v) is 11.0. The van der Waals surface area contributed by atoms with Gasteiger partial charge in [-0.2, -0.15) is 0 Å². The first-order valence-electron chi connectivity index (χ1n) is 6.80. The normalized spacial score (nSPS) is 24.6. The smallest absolute Gasteiger partial charge is 0.168 e. The Labute approximate surface area is 108 Å². The average molecular weight is 251 g/mol. The van der Waals surface area contributed by atoms with Crippen LogP contribution < -0.4 is 10.5 Å². The van der Waals surface area contributed by atoms with E-state index in [-0.39, 0.29) is 11.7 Å². The third kappa shape index (κ3) is 2.66. The third-order valence-electron chi connectivity index (χ3n) is 4.07. The number of benzene rings is 1. The van der Waals surface area contributed by atoms with Crippen molar-refractivity contribution in [1.29, 1.82) is 0 Å². The maximum Gasteiger partial charge on any atom is 0.168 e. The van der Waals surface area contributed by atoms with Gasteiger partial charge in [-0.25, -0.2) is 4.39 Å². The quantitative estimate of drug-likeness (QED) is 0.835. The number of rotatable bonds is 3. The van der Waals surface area contributed by atoms with E-state index in [2.05, 4.69) is 0 Å². The van der Waals surface area contributed by atoms with Crippen molar-refractivity contribution in [3.05, 3.63) is 29.6 Å². The van der Waals surface area contributed by atoms with Crippen LogP contribution in [0.1, 0.15) is 43.6 Å². The van der Waals surface area contributed by atoms with Crippen molar-refractivity contribution in [1.82, 2.24) is 0 Å². The van der Waals surface area contributed by atoms with Crippen LogP contribution in [-0.2, 0) is 0 Å². The molecule has 0 spiro atoms. The van der Waals surface area contributed by atoms with Crippen LogP contribution in [0.4, 0.5) is 4.39 Å². The lowest BCUT2D eigenvalue weighted by atomic mass is 9.82. The van der Waals surface area contributed by atoms with Crippen molar-refractivity contribution >= 4 is 0 Å². The lowest BCUT2D eigenvalue weighted by Gasteiger charge is -2.25. The molecule has 2 atom stereocenters. The van der Waals surface area contributed by atoms with Crippen LogP contribution in [0.3, 0.4) is 0 Å². The van der Waals surface area contributed by atoms with E-state index < -0.39 is 0 Å². The van der Waals surface area contributed by atoms with E-state index in [9.17, 15) is 4.39 Å². The lowest BCUT2D eigenvalue weighted by Crippen LogP contribution is -2.22. The molecule has 2 nitrogen and oxygen atoms in total. The second kappa shape index (κ2) is 6.19. The second-order valence-corrected chi connectivity index (χ2v) is 5.10. The van der Waals surface area contributed by atoms with Crippen molar-refractivity contribution in [2.75, 3.05) is 13.7 Å². The monoisotopic (exact) mass is 251 g/mol. The molecule has 100 valence electrons. The summed E-state index contributed by atoms with van der Waals surface area (Å²) in [6.45, 7) is 0.640. The first-order valence-corrected chi connectivity index (χ1v) is 6.80. The van der Waals surface area contributed by atoms with Crippen LogP contribution in [0.2, 0.25) is 0 Å². The minimum atomic E-state index is -0.203. The molecule has 0 bridgehead atoms. The van der Waals surface area contributed by atoms with Crippen molar-refractivity contribution in [2.45, 2.75) is 38.0 Å². The molecule has 0 saturated heterocycles. The maximum absolute atomic E-state index is 14.3. The summed E-state index contributed by atoms with van der Waals surface area (Å²) < 4.78 is 19.4. The summed E-state index contributed by atoms with van der Waals surface area (Å²) in [6, 6.07) is 5.43. The first kappa shape index (κ1) is 13.3. The number of hydrogen-bond acceptors (Lipinski definition) is 2.